The highest BCUT2D eigenvalue weighted by Crippen LogP contribution is 2.21. The van der Waals surface area contributed by atoms with Gasteiger partial charge in [0.25, 0.3) is 0 Å². The van der Waals surface area contributed by atoms with Crippen LogP contribution in [0.5, 0.6) is 0 Å². The second-order valence-electron chi connectivity index (χ2n) is 4.70. The summed E-state index contributed by atoms with van der Waals surface area (Å²) in [5.74, 6) is 0.821. The Morgan fingerprint density at radius 3 is 2.82 bits per heavy atom. The number of benzene rings is 1. The summed E-state index contributed by atoms with van der Waals surface area (Å²) >= 11 is 0. The van der Waals surface area contributed by atoms with E-state index in [4.69, 9.17) is 4.42 Å². The maximum absolute atomic E-state index is 5.82. The summed E-state index contributed by atoms with van der Waals surface area (Å²) in [6.45, 7) is 9.38. The normalized spacial score (nSPS) is 13.2. The third-order valence-corrected chi connectivity index (χ3v) is 2.90. The minimum Gasteiger partial charge on any atom is -0.440 e. The van der Waals surface area contributed by atoms with Crippen LogP contribution < -0.4 is 5.32 Å². The Morgan fingerprint density at radius 2 is 2.12 bits per heavy atom. The fourth-order valence-electron chi connectivity index (χ4n) is 2.19. The van der Waals surface area contributed by atoms with E-state index in [9.17, 15) is 0 Å². The molecule has 0 amide bonds. The Hall–Kier alpha value is -1.35. The quantitative estimate of drug-likeness (QED) is 0.880. The summed E-state index contributed by atoms with van der Waals surface area (Å²) in [6, 6.07) is 4.60. The largest absolute Gasteiger partial charge is 0.440 e. The van der Waals surface area contributed by atoms with Gasteiger partial charge in [0.05, 0.1) is 0 Å². The zero-order valence-corrected chi connectivity index (χ0v) is 11.0. The topological polar surface area (TPSA) is 38.1 Å². The zero-order valence-electron chi connectivity index (χ0n) is 11.0. The lowest BCUT2D eigenvalue weighted by Gasteiger charge is -2.08. The van der Waals surface area contributed by atoms with Crippen LogP contribution in [0.3, 0.4) is 0 Å². The lowest BCUT2D eigenvalue weighted by Crippen LogP contribution is -2.27. The molecule has 1 aromatic carbocycles. The third kappa shape index (κ3) is 2.67. The zero-order chi connectivity index (χ0) is 12.4. The minimum atomic E-state index is 0.398. The molecule has 92 valence electrons. The summed E-state index contributed by atoms with van der Waals surface area (Å²) in [6.07, 6.45) is 0.834. The average Bonchev–Trinajstić information content (AvgIpc) is 2.60. The molecule has 1 aromatic heterocycles. The van der Waals surface area contributed by atoms with Gasteiger partial charge in [-0.2, -0.15) is 0 Å². The summed E-state index contributed by atoms with van der Waals surface area (Å²) in [5.41, 5.74) is 4.29. The van der Waals surface area contributed by atoms with Gasteiger partial charge in [-0.15, -0.1) is 0 Å². The highest BCUT2D eigenvalue weighted by molar-refractivity contribution is 5.77. The molecule has 0 fully saturated rings. The molecule has 0 bridgehead atoms. The number of rotatable bonds is 4. The van der Waals surface area contributed by atoms with E-state index in [2.05, 4.69) is 50.1 Å². The SMILES string of the molecule is CCNC(C)Cc1nc2cc(C)cc(C)c2o1. The van der Waals surface area contributed by atoms with Crippen LogP contribution >= 0.6 is 0 Å². The molecule has 0 aliphatic rings. The molecular formula is C14H20N2O. The Kier molecular flexibility index (Phi) is 3.48. The number of nitrogens with zero attached hydrogens (tertiary/aromatic N) is 1. The van der Waals surface area contributed by atoms with Gasteiger partial charge in [-0.05, 0) is 44.5 Å². The standard InChI is InChI=1S/C14H20N2O/c1-5-15-11(4)8-13-16-12-7-9(2)6-10(3)14(12)17-13/h6-7,11,15H,5,8H2,1-4H3. The molecule has 3 nitrogen and oxygen atoms in total. The molecule has 0 aliphatic heterocycles. The molecule has 1 atom stereocenters. The first kappa shape index (κ1) is 12.1. The number of nitrogens with one attached hydrogen (secondary N) is 1. The Morgan fingerprint density at radius 1 is 1.35 bits per heavy atom. The number of aryl methyl sites for hydroxylation is 2. The molecule has 2 aromatic rings. The number of hydrogen-bond acceptors (Lipinski definition) is 3. The average molecular weight is 232 g/mol. The molecular weight excluding hydrogens is 212 g/mol. The number of fused-ring (bicyclic) bond motifs is 1. The van der Waals surface area contributed by atoms with Gasteiger partial charge < -0.3 is 9.73 Å². The molecule has 0 radical (unpaired) electrons. The van der Waals surface area contributed by atoms with Crippen molar-refractivity contribution in [3.05, 3.63) is 29.2 Å². The second-order valence-corrected chi connectivity index (χ2v) is 4.70. The van der Waals surface area contributed by atoms with E-state index in [1.54, 1.807) is 0 Å². The Labute approximate surface area is 102 Å². The van der Waals surface area contributed by atoms with Gasteiger partial charge in [-0.1, -0.05) is 13.0 Å². The number of likely N-dealkylation sites (N-methyl/N-ethyl adjacent to an activating group) is 1. The first-order valence-electron chi connectivity index (χ1n) is 6.20. The highest BCUT2D eigenvalue weighted by Gasteiger charge is 2.11. The Balaban J connectivity index is 2.28. The molecule has 0 spiro atoms. The van der Waals surface area contributed by atoms with E-state index >= 15 is 0 Å². The molecule has 0 saturated heterocycles. The van der Waals surface area contributed by atoms with Crippen LogP contribution in [-0.4, -0.2) is 17.6 Å². The van der Waals surface area contributed by atoms with Crippen LogP contribution in [-0.2, 0) is 6.42 Å². The molecule has 3 heteroatoms. The lowest BCUT2D eigenvalue weighted by molar-refractivity contribution is 0.468. The molecule has 0 aliphatic carbocycles. The fraction of sp³-hybridized carbons (Fsp3) is 0.500. The van der Waals surface area contributed by atoms with Crippen molar-refractivity contribution in [1.29, 1.82) is 0 Å². The van der Waals surface area contributed by atoms with Gasteiger partial charge in [-0.25, -0.2) is 4.98 Å². The van der Waals surface area contributed by atoms with E-state index in [0.29, 0.717) is 6.04 Å². The Bertz CT molecular complexity index is 516. The van der Waals surface area contributed by atoms with Gasteiger partial charge in [0.15, 0.2) is 11.5 Å². The first-order valence-corrected chi connectivity index (χ1v) is 6.20. The van der Waals surface area contributed by atoms with Gasteiger partial charge in [-0.3, -0.25) is 0 Å². The van der Waals surface area contributed by atoms with Crippen molar-refractivity contribution in [2.75, 3.05) is 6.54 Å². The highest BCUT2D eigenvalue weighted by atomic mass is 16.3. The van der Waals surface area contributed by atoms with Crippen LogP contribution in [0.2, 0.25) is 0 Å². The molecule has 1 N–H and O–H groups in total. The lowest BCUT2D eigenvalue weighted by atomic mass is 10.1. The van der Waals surface area contributed by atoms with E-state index in [1.807, 2.05) is 0 Å². The van der Waals surface area contributed by atoms with Crippen molar-refractivity contribution in [1.82, 2.24) is 10.3 Å². The van der Waals surface area contributed by atoms with Crippen LogP contribution in [0.1, 0.15) is 30.9 Å². The summed E-state index contributed by atoms with van der Waals surface area (Å²) < 4.78 is 5.82. The van der Waals surface area contributed by atoms with Crippen LogP contribution in [0.4, 0.5) is 0 Å². The van der Waals surface area contributed by atoms with Crippen molar-refractivity contribution < 1.29 is 4.42 Å². The van der Waals surface area contributed by atoms with Crippen LogP contribution in [0, 0.1) is 13.8 Å². The van der Waals surface area contributed by atoms with Gasteiger partial charge in [0.2, 0.25) is 0 Å². The first-order chi connectivity index (χ1) is 8.10. The van der Waals surface area contributed by atoms with Crippen molar-refractivity contribution in [2.45, 2.75) is 40.2 Å². The summed E-state index contributed by atoms with van der Waals surface area (Å²) in [5, 5.41) is 3.36. The minimum absolute atomic E-state index is 0.398. The second kappa shape index (κ2) is 4.88. The van der Waals surface area contributed by atoms with Crippen molar-refractivity contribution >= 4 is 11.1 Å². The fourth-order valence-corrected chi connectivity index (χ4v) is 2.19. The predicted molar refractivity (Wildman–Crippen MR) is 70.3 cm³/mol. The number of hydrogen-bond donors (Lipinski definition) is 1. The molecule has 0 saturated carbocycles. The van der Waals surface area contributed by atoms with Crippen molar-refractivity contribution in [3.8, 4) is 0 Å². The van der Waals surface area contributed by atoms with Gasteiger partial charge in [0, 0.05) is 12.5 Å². The third-order valence-electron chi connectivity index (χ3n) is 2.90. The number of oxazole rings is 1. The van der Waals surface area contributed by atoms with E-state index < -0.39 is 0 Å². The summed E-state index contributed by atoms with van der Waals surface area (Å²) in [4.78, 5) is 4.55. The van der Waals surface area contributed by atoms with Crippen molar-refractivity contribution in [3.63, 3.8) is 0 Å². The maximum atomic E-state index is 5.82. The number of aromatic nitrogens is 1. The molecule has 17 heavy (non-hydrogen) atoms. The predicted octanol–water partition coefficient (Wildman–Crippen LogP) is 2.99. The van der Waals surface area contributed by atoms with Crippen molar-refractivity contribution in [2.24, 2.45) is 0 Å². The summed E-state index contributed by atoms with van der Waals surface area (Å²) in [7, 11) is 0. The molecule has 2 rings (SSSR count). The monoisotopic (exact) mass is 232 g/mol. The smallest absolute Gasteiger partial charge is 0.197 e. The van der Waals surface area contributed by atoms with Crippen LogP contribution in [0.15, 0.2) is 16.5 Å². The molecule has 1 heterocycles. The maximum Gasteiger partial charge on any atom is 0.197 e. The van der Waals surface area contributed by atoms with Gasteiger partial charge in [0.1, 0.15) is 5.52 Å². The van der Waals surface area contributed by atoms with Gasteiger partial charge >= 0.3 is 0 Å². The molecule has 1 unspecified atom stereocenters. The van der Waals surface area contributed by atoms with E-state index in [1.165, 1.54) is 5.56 Å². The van der Waals surface area contributed by atoms with E-state index in [0.717, 1.165) is 35.5 Å². The van der Waals surface area contributed by atoms with E-state index in [-0.39, 0.29) is 0 Å². The van der Waals surface area contributed by atoms with Crippen LogP contribution in [0.25, 0.3) is 11.1 Å².